The van der Waals surface area contributed by atoms with E-state index < -0.39 is 0 Å². The molecule has 0 aliphatic carbocycles. The predicted molar refractivity (Wildman–Crippen MR) is 56.4 cm³/mol. The SMILES string of the molecule is Cc1ccnc(N2CCCC2CO)c1. The van der Waals surface area contributed by atoms with E-state index in [1.54, 1.807) is 0 Å². The number of nitrogens with zero attached hydrogens (tertiary/aromatic N) is 2. The highest BCUT2D eigenvalue weighted by atomic mass is 16.3. The van der Waals surface area contributed by atoms with E-state index in [9.17, 15) is 5.11 Å². The largest absolute Gasteiger partial charge is 0.394 e. The number of pyridine rings is 1. The van der Waals surface area contributed by atoms with Crippen molar-refractivity contribution >= 4 is 5.82 Å². The maximum atomic E-state index is 9.20. The van der Waals surface area contributed by atoms with Gasteiger partial charge in [-0.2, -0.15) is 0 Å². The summed E-state index contributed by atoms with van der Waals surface area (Å²) < 4.78 is 0. The van der Waals surface area contributed by atoms with Crippen molar-refractivity contribution in [3.8, 4) is 0 Å². The number of aromatic nitrogens is 1. The van der Waals surface area contributed by atoms with Gasteiger partial charge in [0, 0.05) is 12.7 Å². The van der Waals surface area contributed by atoms with Crippen LogP contribution in [0.25, 0.3) is 0 Å². The van der Waals surface area contributed by atoms with Crippen molar-refractivity contribution in [1.82, 2.24) is 4.98 Å². The fourth-order valence-electron chi connectivity index (χ4n) is 2.00. The van der Waals surface area contributed by atoms with E-state index >= 15 is 0 Å². The Morgan fingerprint density at radius 1 is 1.64 bits per heavy atom. The van der Waals surface area contributed by atoms with E-state index in [1.807, 2.05) is 12.3 Å². The van der Waals surface area contributed by atoms with Gasteiger partial charge in [0.15, 0.2) is 0 Å². The number of rotatable bonds is 2. The average molecular weight is 192 g/mol. The van der Waals surface area contributed by atoms with Gasteiger partial charge in [-0.15, -0.1) is 0 Å². The third kappa shape index (κ3) is 1.73. The first-order valence-electron chi connectivity index (χ1n) is 5.11. The van der Waals surface area contributed by atoms with E-state index in [-0.39, 0.29) is 12.6 Å². The number of hydrogen-bond acceptors (Lipinski definition) is 3. The normalized spacial score (nSPS) is 21.6. The maximum Gasteiger partial charge on any atom is 0.129 e. The second-order valence-electron chi connectivity index (χ2n) is 3.86. The molecule has 0 amide bonds. The summed E-state index contributed by atoms with van der Waals surface area (Å²) in [5.41, 5.74) is 1.22. The summed E-state index contributed by atoms with van der Waals surface area (Å²) in [4.78, 5) is 6.54. The van der Waals surface area contributed by atoms with Gasteiger partial charge in [-0.1, -0.05) is 0 Å². The minimum absolute atomic E-state index is 0.232. The molecule has 3 heteroatoms. The van der Waals surface area contributed by atoms with E-state index in [2.05, 4.69) is 22.9 Å². The van der Waals surface area contributed by atoms with Crippen molar-refractivity contribution in [2.45, 2.75) is 25.8 Å². The lowest BCUT2D eigenvalue weighted by atomic mass is 10.2. The van der Waals surface area contributed by atoms with E-state index in [0.717, 1.165) is 25.2 Å². The quantitative estimate of drug-likeness (QED) is 0.768. The molecule has 1 N–H and O–H groups in total. The van der Waals surface area contributed by atoms with Gasteiger partial charge in [0.2, 0.25) is 0 Å². The van der Waals surface area contributed by atoms with Crippen LogP contribution in [-0.4, -0.2) is 29.3 Å². The van der Waals surface area contributed by atoms with Crippen molar-refractivity contribution in [2.75, 3.05) is 18.1 Å². The van der Waals surface area contributed by atoms with Crippen molar-refractivity contribution in [3.63, 3.8) is 0 Å². The first kappa shape index (κ1) is 9.46. The molecule has 1 fully saturated rings. The number of hydrogen-bond donors (Lipinski definition) is 1. The number of aliphatic hydroxyl groups is 1. The third-order valence-corrected chi connectivity index (χ3v) is 2.78. The number of aliphatic hydroxyl groups excluding tert-OH is 1. The van der Waals surface area contributed by atoms with Crippen LogP contribution in [0.2, 0.25) is 0 Å². The summed E-state index contributed by atoms with van der Waals surface area (Å²) in [6.07, 6.45) is 4.06. The summed E-state index contributed by atoms with van der Waals surface area (Å²) in [5.74, 6) is 1.00. The van der Waals surface area contributed by atoms with Gasteiger partial charge in [-0.3, -0.25) is 0 Å². The summed E-state index contributed by atoms with van der Waals surface area (Å²) in [7, 11) is 0. The maximum absolute atomic E-state index is 9.20. The summed E-state index contributed by atoms with van der Waals surface area (Å²) in [5, 5.41) is 9.20. The summed E-state index contributed by atoms with van der Waals surface area (Å²) in [6, 6.07) is 4.34. The molecule has 1 unspecified atom stereocenters. The molecule has 14 heavy (non-hydrogen) atoms. The summed E-state index contributed by atoms with van der Waals surface area (Å²) >= 11 is 0. The van der Waals surface area contributed by atoms with Crippen LogP contribution in [0.5, 0.6) is 0 Å². The molecule has 0 radical (unpaired) electrons. The second kappa shape index (κ2) is 3.96. The summed E-state index contributed by atoms with van der Waals surface area (Å²) in [6.45, 7) is 3.31. The Kier molecular flexibility index (Phi) is 2.68. The molecular weight excluding hydrogens is 176 g/mol. The highest BCUT2D eigenvalue weighted by Gasteiger charge is 2.24. The molecule has 0 aromatic carbocycles. The molecule has 3 nitrogen and oxygen atoms in total. The second-order valence-corrected chi connectivity index (χ2v) is 3.86. The van der Waals surface area contributed by atoms with Gasteiger partial charge >= 0.3 is 0 Å². The van der Waals surface area contributed by atoms with Gasteiger partial charge in [-0.25, -0.2) is 4.98 Å². The van der Waals surface area contributed by atoms with Crippen LogP contribution in [0.3, 0.4) is 0 Å². The van der Waals surface area contributed by atoms with Crippen molar-refractivity contribution in [1.29, 1.82) is 0 Å². The highest BCUT2D eigenvalue weighted by molar-refractivity contribution is 5.42. The Morgan fingerprint density at radius 2 is 2.50 bits per heavy atom. The van der Waals surface area contributed by atoms with Crippen molar-refractivity contribution in [3.05, 3.63) is 23.9 Å². The average Bonchev–Trinajstić information content (AvgIpc) is 2.65. The molecule has 0 spiro atoms. The lowest BCUT2D eigenvalue weighted by Crippen LogP contribution is -2.32. The number of anilines is 1. The molecule has 1 aliphatic rings. The van der Waals surface area contributed by atoms with E-state index in [4.69, 9.17) is 0 Å². The standard InChI is InChI=1S/C11H16N2O/c1-9-4-5-12-11(7-9)13-6-2-3-10(13)8-14/h4-5,7,10,14H,2-3,6,8H2,1H3. The Hall–Kier alpha value is -1.09. The molecule has 1 atom stereocenters. The number of aryl methyl sites for hydroxylation is 1. The third-order valence-electron chi connectivity index (χ3n) is 2.78. The van der Waals surface area contributed by atoms with Crippen LogP contribution in [0, 0.1) is 6.92 Å². The zero-order valence-corrected chi connectivity index (χ0v) is 8.48. The van der Waals surface area contributed by atoms with Crippen molar-refractivity contribution < 1.29 is 5.11 Å². The van der Waals surface area contributed by atoms with Gasteiger partial charge in [0.05, 0.1) is 12.6 Å². The van der Waals surface area contributed by atoms with Crippen LogP contribution in [0.4, 0.5) is 5.82 Å². The molecule has 1 aromatic heterocycles. The lowest BCUT2D eigenvalue weighted by molar-refractivity contribution is 0.266. The van der Waals surface area contributed by atoms with E-state index in [1.165, 1.54) is 5.56 Å². The Morgan fingerprint density at radius 3 is 3.21 bits per heavy atom. The highest BCUT2D eigenvalue weighted by Crippen LogP contribution is 2.23. The van der Waals surface area contributed by atoms with Crippen LogP contribution in [0.15, 0.2) is 18.3 Å². The van der Waals surface area contributed by atoms with E-state index in [0.29, 0.717) is 0 Å². The fourth-order valence-corrected chi connectivity index (χ4v) is 2.00. The lowest BCUT2D eigenvalue weighted by Gasteiger charge is -2.24. The van der Waals surface area contributed by atoms with Gasteiger partial charge < -0.3 is 10.0 Å². The fraction of sp³-hybridized carbons (Fsp3) is 0.545. The Balaban J connectivity index is 2.21. The first-order valence-corrected chi connectivity index (χ1v) is 5.11. The molecule has 1 aromatic rings. The molecule has 0 bridgehead atoms. The molecule has 0 saturated carbocycles. The minimum Gasteiger partial charge on any atom is -0.394 e. The molecule has 1 saturated heterocycles. The Bertz CT molecular complexity index is 314. The van der Waals surface area contributed by atoms with Crippen LogP contribution >= 0.6 is 0 Å². The zero-order chi connectivity index (χ0) is 9.97. The monoisotopic (exact) mass is 192 g/mol. The van der Waals surface area contributed by atoms with Gasteiger partial charge in [0.25, 0.3) is 0 Å². The Labute approximate surface area is 84.4 Å². The topological polar surface area (TPSA) is 36.4 Å². The van der Waals surface area contributed by atoms with Crippen molar-refractivity contribution in [2.24, 2.45) is 0 Å². The molecular formula is C11H16N2O. The molecule has 2 heterocycles. The van der Waals surface area contributed by atoms with Gasteiger partial charge in [-0.05, 0) is 37.5 Å². The van der Waals surface area contributed by atoms with Gasteiger partial charge in [0.1, 0.15) is 5.82 Å². The van der Waals surface area contributed by atoms with Crippen LogP contribution < -0.4 is 4.90 Å². The minimum atomic E-state index is 0.232. The van der Waals surface area contributed by atoms with Crippen LogP contribution in [0.1, 0.15) is 18.4 Å². The zero-order valence-electron chi connectivity index (χ0n) is 8.48. The first-order chi connectivity index (χ1) is 6.81. The molecule has 2 rings (SSSR count). The smallest absolute Gasteiger partial charge is 0.129 e. The predicted octanol–water partition coefficient (Wildman–Crippen LogP) is 1.35. The van der Waals surface area contributed by atoms with Crippen LogP contribution in [-0.2, 0) is 0 Å². The molecule has 1 aliphatic heterocycles. The molecule has 76 valence electrons.